The molecule has 0 radical (unpaired) electrons. The summed E-state index contributed by atoms with van der Waals surface area (Å²) in [6.07, 6.45) is 4.84. The fourth-order valence-corrected chi connectivity index (χ4v) is 2.61. The van der Waals surface area contributed by atoms with Crippen molar-refractivity contribution < 1.29 is 4.79 Å². The van der Waals surface area contributed by atoms with Gasteiger partial charge in [-0.2, -0.15) is 0 Å². The van der Waals surface area contributed by atoms with E-state index in [1.54, 1.807) is 0 Å². The molecule has 1 nitrogen and oxygen atoms in total. The first-order chi connectivity index (χ1) is 8.88. The Morgan fingerprint density at radius 3 is 2.56 bits per heavy atom. The van der Waals surface area contributed by atoms with E-state index in [0.717, 1.165) is 17.4 Å². The fourth-order valence-electron chi connectivity index (χ4n) is 2.61. The van der Waals surface area contributed by atoms with E-state index in [1.165, 1.54) is 30.4 Å². The van der Waals surface area contributed by atoms with Crippen molar-refractivity contribution in [3.8, 4) is 11.1 Å². The zero-order valence-corrected chi connectivity index (χ0v) is 10.3. The van der Waals surface area contributed by atoms with E-state index < -0.39 is 0 Å². The molecule has 0 spiro atoms. The Balaban J connectivity index is 2.07. The minimum atomic E-state index is 0.709. The number of hydrogen-bond donors (Lipinski definition) is 0. The first-order valence-corrected chi connectivity index (χ1v) is 6.53. The summed E-state index contributed by atoms with van der Waals surface area (Å²) in [5, 5.41) is 0. The molecule has 1 saturated carbocycles. The van der Waals surface area contributed by atoms with E-state index in [4.69, 9.17) is 0 Å². The van der Waals surface area contributed by atoms with Crippen molar-refractivity contribution in [3.63, 3.8) is 0 Å². The molecule has 0 aromatic heterocycles. The maximum absolute atomic E-state index is 10.9. The molecule has 1 heteroatoms. The number of carbonyl (C=O) groups is 1. The van der Waals surface area contributed by atoms with Crippen LogP contribution in [0.5, 0.6) is 0 Å². The highest BCUT2D eigenvalue weighted by molar-refractivity contribution is 5.79. The van der Waals surface area contributed by atoms with Gasteiger partial charge >= 0.3 is 0 Å². The van der Waals surface area contributed by atoms with E-state index in [1.807, 2.05) is 18.2 Å². The summed E-state index contributed by atoms with van der Waals surface area (Å²) in [5.41, 5.74) is 4.62. The molecule has 0 unspecified atom stereocenters. The lowest BCUT2D eigenvalue weighted by Crippen LogP contribution is -2.09. The quantitative estimate of drug-likeness (QED) is 0.720. The van der Waals surface area contributed by atoms with Crippen LogP contribution in [0.1, 0.15) is 41.1 Å². The average molecular weight is 236 g/mol. The molecule has 1 aliphatic rings. The third-order valence-corrected chi connectivity index (χ3v) is 3.84. The largest absolute Gasteiger partial charge is 0.298 e. The van der Waals surface area contributed by atoms with Gasteiger partial charge in [0.1, 0.15) is 6.29 Å². The van der Waals surface area contributed by atoms with E-state index >= 15 is 0 Å². The van der Waals surface area contributed by atoms with Crippen LogP contribution >= 0.6 is 0 Å². The molecule has 2 aromatic carbocycles. The Morgan fingerprint density at radius 2 is 1.83 bits per heavy atom. The summed E-state index contributed by atoms with van der Waals surface area (Å²) in [7, 11) is 0. The van der Waals surface area contributed by atoms with Gasteiger partial charge in [0.05, 0.1) is 0 Å². The number of carbonyl (C=O) groups excluding carboxylic acids is 1. The second-order valence-electron chi connectivity index (χ2n) is 4.96. The van der Waals surface area contributed by atoms with Crippen LogP contribution in [0.4, 0.5) is 0 Å². The highest BCUT2D eigenvalue weighted by Crippen LogP contribution is 2.40. The van der Waals surface area contributed by atoms with Gasteiger partial charge in [-0.25, -0.2) is 0 Å². The second kappa shape index (κ2) is 4.77. The van der Waals surface area contributed by atoms with Crippen LogP contribution in [0, 0.1) is 0 Å². The van der Waals surface area contributed by atoms with Crippen LogP contribution in [-0.4, -0.2) is 6.29 Å². The first-order valence-electron chi connectivity index (χ1n) is 6.53. The van der Waals surface area contributed by atoms with Gasteiger partial charge in [0.2, 0.25) is 0 Å². The summed E-state index contributed by atoms with van der Waals surface area (Å²) < 4.78 is 0. The zero-order valence-electron chi connectivity index (χ0n) is 10.3. The fraction of sp³-hybridized carbons (Fsp3) is 0.235. The normalized spacial score (nSPS) is 15.1. The van der Waals surface area contributed by atoms with Crippen molar-refractivity contribution in [2.45, 2.75) is 25.2 Å². The van der Waals surface area contributed by atoms with Crippen LogP contribution in [-0.2, 0) is 0 Å². The van der Waals surface area contributed by atoms with Crippen LogP contribution in [0.25, 0.3) is 11.1 Å². The molecule has 18 heavy (non-hydrogen) atoms. The van der Waals surface area contributed by atoms with Crippen molar-refractivity contribution in [3.05, 3.63) is 59.7 Å². The van der Waals surface area contributed by atoms with E-state index in [0.29, 0.717) is 5.92 Å². The molecule has 0 saturated heterocycles. The Labute approximate surface area is 107 Å². The second-order valence-corrected chi connectivity index (χ2v) is 4.96. The maximum Gasteiger partial charge on any atom is 0.150 e. The Hall–Kier alpha value is -1.89. The minimum Gasteiger partial charge on any atom is -0.298 e. The monoisotopic (exact) mass is 236 g/mol. The highest BCUT2D eigenvalue weighted by atomic mass is 16.1. The van der Waals surface area contributed by atoms with Gasteiger partial charge in [-0.1, -0.05) is 48.9 Å². The molecule has 1 fully saturated rings. The number of aldehydes is 1. The van der Waals surface area contributed by atoms with Crippen LogP contribution in [0.2, 0.25) is 0 Å². The Morgan fingerprint density at radius 1 is 1.00 bits per heavy atom. The smallest absolute Gasteiger partial charge is 0.150 e. The van der Waals surface area contributed by atoms with Gasteiger partial charge in [0.25, 0.3) is 0 Å². The van der Waals surface area contributed by atoms with Crippen molar-refractivity contribution in [1.29, 1.82) is 0 Å². The lowest BCUT2D eigenvalue weighted by atomic mass is 9.77. The minimum absolute atomic E-state index is 0.709. The SMILES string of the molecule is O=Cc1cccc(-c2ccccc2C2CCC2)c1. The standard InChI is InChI=1S/C17H16O/c18-12-13-5-3-8-15(11-13)17-10-2-1-9-16(17)14-6-4-7-14/h1-3,5,8-12,14H,4,6-7H2. The van der Waals surface area contributed by atoms with Gasteiger partial charge in [0.15, 0.2) is 0 Å². The third-order valence-electron chi connectivity index (χ3n) is 3.84. The number of rotatable bonds is 3. The summed E-state index contributed by atoms with van der Waals surface area (Å²) in [4.78, 5) is 10.9. The van der Waals surface area contributed by atoms with E-state index in [9.17, 15) is 4.79 Å². The Kier molecular flexibility index (Phi) is 2.97. The summed E-state index contributed by atoms with van der Waals surface area (Å²) in [6.45, 7) is 0. The molecule has 3 rings (SSSR count). The average Bonchev–Trinajstić information content (AvgIpc) is 2.37. The molecule has 0 atom stereocenters. The molecule has 0 aliphatic heterocycles. The number of hydrogen-bond acceptors (Lipinski definition) is 1. The lowest BCUT2D eigenvalue weighted by molar-refractivity contribution is 0.112. The van der Waals surface area contributed by atoms with Crippen molar-refractivity contribution >= 4 is 6.29 Å². The zero-order chi connectivity index (χ0) is 12.4. The molecule has 0 heterocycles. The summed E-state index contributed by atoms with van der Waals surface area (Å²) in [5.74, 6) is 0.709. The van der Waals surface area contributed by atoms with E-state index in [2.05, 4.69) is 30.3 Å². The molecule has 2 aromatic rings. The molecule has 0 N–H and O–H groups in total. The lowest BCUT2D eigenvalue weighted by Gasteiger charge is -2.28. The molecular weight excluding hydrogens is 220 g/mol. The van der Waals surface area contributed by atoms with Crippen molar-refractivity contribution in [2.24, 2.45) is 0 Å². The van der Waals surface area contributed by atoms with Crippen LogP contribution < -0.4 is 0 Å². The predicted octanol–water partition coefficient (Wildman–Crippen LogP) is 4.43. The summed E-state index contributed by atoms with van der Waals surface area (Å²) in [6, 6.07) is 16.4. The van der Waals surface area contributed by atoms with Crippen LogP contribution in [0.3, 0.4) is 0 Å². The van der Waals surface area contributed by atoms with Gasteiger partial charge in [-0.05, 0) is 41.5 Å². The van der Waals surface area contributed by atoms with Crippen molar-refractivity contribution in [1.82, 2.24) is 0 Å². The van der Waals surface area contributed by atoms with Crippen LogP contribution in [0.15, 0.2) is 48.5 Å². The maximum atomic E-state index is 10.9. The highest BCUT2D eigenvalue weighted by Gasteiger charge is 2.22. The number of benzene rings is 2. The Bertz CT molecular complexity index is 567. The molecular formula is C17H16O. The molecule has 90 valence electrons. The summed E-state index contributed by atoms with van der Waals surface area (Å²) >= 11 is 0. The topological polar surface area (TPSA) is 17.1 Å². The molecule has 0 bridgehead atoms. The van der Waals surface area contributed by atoms with E-state index in [-0.39, 0.29) is 0 Å². The first kappa shape index (κ1) is 11.2. The van der Waals surface area contributed by atoms with Gasteiger partial charge in [0, 0.05) is 5.56 Å². The van der Waals surface area contributed by atoms with Gasteiger partial charge in [-0.3, -0.25) is 4.79 Å². The molecule has 0 amide bonds. The van der Waals surface area contributed by atoms with Gasteiger partial charge in [-0.15, -0.1) is 0 Å². The molecule has 1 aliphatic carbocycles. The van der Waals surface area contributed by atoms with Crippen molar-refractivity contribution in [2.75, 3.05) is 0 Å². The predicted molar refractivity (Wildman–Crippen MR) is 73.9 cm³/mol. The third kappa shape index (κ3) is 1.97. The van der Waals surface area contributed by atoms with Gasteiger partial charge < -0.3 is 0 Å².